The third-order valence-corrected chi connectivity index (χ3v) is 3.76. The Labute approximate surface area is 135 Å². The summed E-state index contributed by atoms with van der Waals surface area (Å²) in [5.74, 6) is -0.560. The van der Waals surface area contributed by atoms with E-state index in [1.54, 1.807) is 29.1 Å². The first-order valence-corrected chi connectivity index (χ1v) is 7.15. The monoisotopic (exact) mass is 325 g/mol. The number of hydrogen-bond acceptors (Lipinski definition) is 7. The van der Waals surface area contributed by atoms with Gasteiger partial charge < -0.3 is 5.73 Å². The second-order valence-corrected chi connectivity index (χ2v) is 5.27. The second kappa shape index (κ2) is 5.37. The van der Waals surface area contributed by atoms with E-state index in [1.807, 2.05) is 6.92 Å². The van der Waals surface area contributed by atoms with Crippen LogP contribution in [0.1, 0.15) is 11.3 Å². The molecule has 0 saturated heterocycles. The summed E-state index contributed by atoms with van der Waals surface area (Å²) < 4.78 is 20.1. The third kappa shape index (κ3) is 2.26. The molecular weight excluding hydrogens is 313 g/mol. The summed E-state index contributed by atoms with van der Waals surface area (Å²) in [5.41, 5.74) is 9.68. The number of aryl methyl sites for hydroxylation is 1. The molecule has 0 aliphatic heterocycles. The minimum Gasteiger partial charge on any atom is -0.396 e. The van der Waals surface area contributed by atoms with E-state index in [0.29, 0.717) is 40.3 Å². The minimum atomic E-state index is -0.560. The van der Waals surface area contributed by atoms with Gasteiger partial charge in [0, 0.05) is 23.7 Å². The summed E-state index contributed by atoms with van der Waals surface area (Å²) in [6.45, 7) is 2.19. The molecule has 0 aromatic carbocycles. The standard InChI is InChI=1S/C15H12FN7O/c1-8-10(12(17)13-15(19-8)22-24-21-13)7-23-6-4-11(20-23)9-3-2-5-18-14(9)16/h2-6H,7,17H2,1H3. The number of nitrogens with two attached hydrogens (primary N) is 1. The number of fused-ring (bicyclic) bond motifs is 1. The van der Waals surface area contributed by atoms with Crippen molar-refractivity contribution in [3.05, 3.63) is 47.8 Å². The van der Waals surface area contributed by atoms with Gasteiger partial charge in [0.1, 0.15) is 0 Å². The highest BCUT2D eigenvalue weighted by molar-refractivity contribution is 5.85. The summed E-state index contributed by atoms with van der Waals surface area (Å²) in [4.78, 5) is 7.95. The van der Waals surface area contributed by atoms with Crippen molar-refractivity contribution in [3.8, 4) is 11.3 Å². The second-order valence-electron chi connectivity index (χ2n) is 5.27. The van der Waals surface area contributed by atoms with Crippen LogP contribution in [0.25, 0.3) is 22.4 Å². The van der Waals surface area contributed by atoms with Gasteiger partial charge in [0.25, 0.3) is 0 Å². The first-order valence-electron chi connectivity index (χ1n) is 7.15. The molecule has 24 heavy (non-hydrogen) atoms. The maximum absolute atomic E-state index is 13.8. The minimum absolute atomic E-state index is 0.343. The Kier molecular flexibility index (Phi) is 3.19. The molecule has 0 aliphatic carbocycles. The summed E-state index contributed by atoms with van der Waals surface area (Å²) in [7, 11) is 0. The molecule has 0 radical (unpaired) electrons. The van der Waals surface area contributed by atoms with Crippen LogP contribution in [0.5, 0.6) is 0 Å². The summed E-state index contributed by atoms with van der Waals surface area (Å²) in [6, 6.07) is 5.01. The number of halogens is 1. The number of hydrogen-bond donors (Lipinski definition) is 1. The Morgan fingerprint density at radius 2 is 2.17 bits per heavy atom. The average molecular weight is 325 g/mol. The fraction of sp³-hybridized carbons (Fsp3) is 0.133. The molecule has 0 fully saturated rings. The van der Waals surface area contributed by atoms with Crippen LogP contribution in [0.3, 0.4) is 0 Å². The van der Waals surface area contributed by atoms with E-state index in [2.05, 4.69) is 30.0 Å². The molecule has 4 rings (SSSR count). The molecule has 4 aromatic heterocycles. The maximum atomic E-state index is 13.8. The molecule has 0 saturated carbocycles. The van der Waals surface area contributed by atoms with Crippen molar-refractivity contribution in [2.24, 2.45) is 0 Å². The first-order chi connectivity index (χ1) is 11.6. The molecule has 0 amide bonds. The van der Waals surface area contributed by atoms with Gasteiger partial charge in [-0.25, -0.2) is 14.6 Å². The lowest BCUT2D eigenvalue weighted by Gasteiger charge is -2.08. The maximum Gasteiger partial charge on any atom is 0.226 e. The molecule has 9 heteroatoms. The van der Waals surface area contributed by atoms with Crippen molar-refractivity contribution >= 4 is 16.9 Å². The van der Waals surface area contributed by atoms with Gasteiger partial charge >= 0.3 is 0 Å². The average Bonchev–Trinajstić information content (AvgIpc) is 3.21. The predicted octanol–water partition coefficient (Wildman–Crippen LogP) is 1.95. The summed E-state index contributed by atoms with van der Waals surface area (Å²) in [5, 5.41) is 11.8. The molecular formula is C15H12FN7O. The molecule has 0 unspecified atom stereocenters. The molecule has 2 N–H and O–H groups in total. The fourth-order valence-electron chi connectivity index (χ4n) is 2.52. The van der Waals surface area contributed by atoms with E-state index in [-0.39, 0.29) is 0 Å². The topological polar surface area (TPSA) is 109 Å². The number of pyridine rings is 2. The molecule has 4 heterocycles. The van der Waals surface area contributed by atoms with Gasteiger partial charge in [-0.3, -0.25) is 4.68 Å². The number of rotatable bonds is 3. The summed E-state index contributed by atoms with van der Waals surface area (Å²) >= 11 is 0. The van der Waals surface area contributed by atoms with Crippen molar-refractivity contribution in [1.29, 1.82) is 0 Å². The molecule has 0 bridgehead atoms. The van der Waals surface area contributed by atoms with Gasteiger partial charge in [-0.05, 0) is 35.4 Å². The lowest BCUT2D eigenvalue weighted by molar-refractivity contribution is 0.315. The van der Waals surface area contributed by atoms with Crippen molar-refractivity contribution in [1.82, 2.24) is 30.1 Å². The van der Waals surface area contributed by atoms with Crippen molar-refractivity contribution in [3.63, 3.8) is 0 Å². The third-order valence-electron chi connectivity index (χ3n) is 3.76. The molecule has 8 nitrogen and oxygen atoms in total. The first kappa shape index (κ1) is 14.2. The zero-order valence-electron chi connectivity index (χ0n) is 12.6. The highest BCUT2D eigenvalue weighted by atomic mass is 19.1. The van der Waals surface area contributed by atoms with Crippen molar-refractivity contribution in [2.75, 3.05) is 5.73 Å². The zero-order chi connectivity index (χ0) is 16.7. The van der Waals surface area contributed by atoms with E-state index in [9.17, 15) is 4.39 Å². The fourth-order valence-corrected chi connectivity index (χ4v) is 2.52. The van der Waals surface area contributed by atoms with Crippen LogP contribution in [0, 0.1) is 12.9 Å². The highest BCUT2D eigenvalue weighted by Gasteiger charge is 2.16. The van der Waals surface area contributed by atoms with Gasteiger partial charge in [-0.2, -0.15) is 9.49 Å². The van der Waals surface area contributed by atoms with Gasteiger partial charge in [0.05, 0.1) is 23.5 Å². The lowest BCUT2D eigenvalue weighted by atomic mass is 10.1. The Hall–Kier alpha value is -3.36. The van der Waals surface area contributed by atoms with Crippen LogP contribution >= 0.6 is 0 Å². The largest absolute Gasteiger partial charge is 0.396 e. The summed E-state index contributed by atoms with van der Waals surface area (Å²) in [6.07, 6.45) is 3.14. The van der Waals surface area contributed by atoms with E-state index >= 15 is 0 Å². The molecule has 0 aliphatic rings. The van der Waals surface area contributed by atoms with Crippen LogP contribution < -0.4 is 5.73 Å². The van der Waals surface area contributed by atoms with Gasteiger partial charge in [-0.1, -0.05) is 0 Å². The number of nitrogens with zero attached hydrogens (tertiary/aromatic N) is 6. The van der Waals surface area contributed by atoms with Crippen LogP contribution in [-0.4, -0.2) is 30.1 Å². The molecule has 4 aromatic rings. The molecule has 0 atom stereocenters. The highest BCUT2D eigenvalue weighted by Crippen LogP contribution is 2.25. The number of anilines is 1. The lowest BCUT2D eigenvalue weighted by Crippen LogP contribution is -2.08. The number of nitrogen functional groups attached to an aromatic ring is 1. The van der Waals surface area contributed by atoms with E-state index in [4.69, 9.17) is 5.73 Å². The Balaban J connectivity index is 1.71. The zero-order valence-corrected chi connectivity index (χ0v) is 12.6. The Bertz CT molecular complexity index is 1040. The van der Waals surface area contributed by atoms with E-state index in [1.165, 1.54) is 6.20 Å². The van der Waals surface area contributed by atoms with Gasteiger partial charge in [0.15, 0.2) is 5.52 Å². The van der Waals surface area contributed by atoms with Crippen LogP contribution in [0.2, 0.25) is 0 Å². The van der Waals surface area contributed by atoms with E-state index in [0.717, 1.165) is 5.56 Å². The smallest absolute Gasteiger partial charge is 0.226 e. The Morgan fingerprint density at radius 3 is 3.00 bits per heavy atom. The van der Waals surface area contributed by atoms with Crippen molar-refractivity contribution < 1.29 is 9.02 Å². The Morgan fingerprint density at radius 1 is 1.29 bits per heavy atom. The van der Waals surface area contributed by atoms with Crippen LogP contribution in [-0.2, 0) is 6.54 Å². The molecule has 0 spiro atoms. The van der Waals surface area contributed by atoms with Crippen molar-refractivity contribution in [2.45, 2.75) is 13.5 Å². The van der Waals surface area contributed by atoms with Crippen LogP contribution in [0.15, 0.2) is 35.2 Å². The number of aromatic nitrogens is 6. The SMILES string of the molecule is Cc1nc2nonc2c(N)c1Cn1ccc(-c2cccnc2F)n1. The van der Waals surface area contributed by atoms with E-state index < -0.39 is 5.95 Å². The van der Waals surface area contributed by atoms with Crippen LogP contribution in [0.4, 0.5) is 10.1 Å². The molecule has 120 valence electrons. The van der Waals surface area contributed by atoms with Gasteiger partial charge in [-0.15, -0.1) is 0 Å². The predicted molar refractivity (Wildman–Crippen MR) is 83.3 cm³/mol. The quantitative estimate of drug-likeness (QED) is 0.573. The van der Waals surface area contributed by atoms with Gasteiger partial charge in [0.2, 0.25) is 11.6 Å². The normalized spacial score (nSPS) is 11.2.